The SMILES string of the molecule is CC(C)C(CO)NC1CCc2cc(C=CC(=O)NO)ccc21. The van der Waals surface area contributed by atoms with E-state index in [4.69, 9.17) is 5.21 Å². The smallest absolute Gasteiger partial charge is 0.267 e. The number of carbonyl (C=O) groups excluding carboxylic acids is 1. The van der Waals surface area contributed by atoms with Crippen LogP contribution in [0.4, 0.5) is 0 Å². The van der Waals surface area contributed by atoms with E-state index in [-0.39, 0.29) is 18.7 Å². The number of benzene rings is 1. The minimum atomic E-state index is -0.539. The average molecular weight is 304 g/mol. The number of nitrogens with one attached hydrogen (secondary N) is 2. The molecule has 1 aromatic carbocycles. The fourth-order valence-corrected chi connectivity index (χ4v) is 2.84. The van der Waals surface area contributed by atoms with E-state index in [2.05, 4.69) is 31.3 Å². The average Bonchev–Trinajstić information content (AvgIpc) is 2.92. The Hall–Kier alpha value is -1.69. The number of hydrogen-bond donors (Lipinski definition) is 4. The number of aliphatic hydroxyl groups is 1. The Morgan fingerprint density at radius 1 is 1.45 bits per heavy atom. The summed E-state index contributed by atoms with van der Waals surface area (Å²) in [5.41, 5.74) is 5.04. The third kappa shape index (κ3) is 3.94. The maximum atomic E-state index is 11.0. The number of aryl methyl sites for hydroxylation is 1. The van der Waals surface area contributed by atoms with Crippen molar-refractivity contribution in [1.29, 1.82) is 0 Å². The predicted octanol–water partition coefficient (Wildman–Crippen LogP) is 1.80. The Balaban J connectivity index is 2.10. The fourth-order valence-electron chi connectivity index (χ4n) is 2.84. The Morgan fingerprint density at radius 2 is 2.23 bits per heavy atom. The molecule has 5 nitrogen and oxygen atoms in total. The highest BCUT2D eigenvalue weighted by Gasteiger charge is 2.25. The second-order valence-electron chi connectivity index (χ2n) is 6.06. The number of carbonyl (C=O) groups is 1. The molecule has 4 N–H and O–H groups in total. The molecule has 5 heteroatoms. The molecular formula is C17H24N2O3. The third-order valence-corrected chi connectivity index (χ3v) is 4.20. The van der Waals surface area contributed by atoms with Crippen LogP contribution in [0.3, 0.4) is 0 Å². The monoisotopic (exact) mass is 304 g/mol. The summed E-state index contributed by atoms with van der Waals surface area (Å²) in [6, 6.07) is 6.48. The van der Waals surface area contributed by atoms with E-state index in [1.165, 1.54) is 17.2 Å². The topological polar surface area (TPSA) is 81.6 Å². The Bertz CT molecular complexity index is 555. The molecule has 2 unspecified atom stereocenters. The zero-order chi connectivity index (χ0) is 16.1. The number of aliphatic hydroxyl groups excluding tert-OH is 1. The number of rotatable bonds is 6. The highest BCUT2D eigenvalue weighted by molar-refractivity contribution is 5.90. The van der Waals surface area contributed by atoms with E-state index >= 15 is 0 Å². The lowest BCUT2D eigenvalue weighted by atomic mass is 10.0. The van der Waals surface area contributed by atoms with Crippen LogP contribution in [-0.2, 0) is 11.2 Å². The van der Waals surface area contributed by atoms with Gasteiger partial charge in [0.15, 0.2) is 0 Å². The van der Waals surface area contributed by atoms with Crippen LogP contribution in [0.5, 0.6) is 0 Å². The molecule has 1 aliphatic carbocycles. The lowest BCUT2D eigenvalue weighted by molar-refractivity contribution is -0.124. The van der Waals surface area contributed by atoms with Gasteiger partial charge >= 0.3 is 0 Å². The molecule has 0 saturated carbocycles. The summed E-state index contributed by atoms with van der Waals surface area (Å²) in [7, 11) is 0. The molecular weight excluding hydrogens is 280 g/mol. The quantitative estimate of drug-likeness (QED) is 0.367. The summed E-state index contributed by atoms with van der Waals surface area (Å²) in [4.78, 5) is 11.0. The van der Waals surface area contributed by atoms with Crippen LogP contribution < -0.4 is 10.8 Å². The number of fused-ring (bicyclic) bond motifs is 1. The molecule has 0 bridgehead atoms. The summed E-state index contributed by atoms with van der Waals surface area (Å²) < 4.78 is 0. The molecule has 1 aliphatic rings. The molecule has 1 amide bonds. The van der Waals surface area contributed by atoms with Crippen molar-refractivity contribution in [2.24, 2.45) is 5.92 Å². The van der Waals surface area contributed by atoms with Gasteiger partial charge in [-0.3, -0.25) is 10.0 Å². The van der Waals surface area contributed by atoms with E-state index in [9.17, 15) is 9.90 Å². The molecule has 0 spiro atoms. The molecule has 0 saturated heterocycles. The molecule has 2 rings (SSSR count). The highest BCUT2D eigenvalue weighted by atomic mass is 16.5. The van der Waals surface area contributed by atoms with E-state index in [0.29, 0.717) is 5.92 Å². The van der Waals surface area contributed by atoms with Gasteiger partial charge in [0, 0.05) is 18.2 Å². The van der Waals surface area contributed by atoms with E-state index in [1.54, 1.807) is 11.6 Å². The Kier molecular flexibility index (Phi) is 5.71. The van der Waals surface area contributed by atoms with E-state index in [1.807, 2.05) is 6.07 Å². The van der Waals surface area contributed by atoms with Gasteiger partial charge in [0.05, 0.1) is 6.61 Å². The molecule has 120 valence electrons. The van der Waals surface area contributed by atoms with Crippen molar-refractivity contribution in [3.63, 3.8) is 0 Å². The Labute approximate surface area is 131 Å². The second kappa shape index (κ2) is 7.54. The van der Waals surface area contributed by atoms with Crippen LogP contribution in [0.25, 0.3) is 6.08 Å². The highest BCUT2D eigenvalue weighted by Crippen LogP contribution is 2.32. The summed E-state index contributed by atoms with van der Waals surface area (Å²) in [6.07, 6.45) is 4.98. The van der Waals surface area contributed by atoms with Crippen LogP contribution in [0.15, 0.2) is 24.3 Å². The minimum Gasteiger partial charge on any atom is -0.395 e. The summed E-state index contributed by atoms with van der Waals surface area (Å²) in [5, 5.41) is 21.5. The third-order valence-electron chi connectivity index (χ3n) is 4.20. The first-order valence-electron chi connectivity index (χ1n) is 7.67. The van der Waals surface area contributed by atoms with Gasteiger partial charge in [-0.2, -0.15) is 0 Å². The van der Waals surface area contributed by atoms with E-state index < -0.39 is 5.91 Å². The van der Waals surface area contributed by atoms with Crippen molar-refractivity contribution in [3.8, 4) is 0 Å². The first-order valence-corrected chi connectivity index (χ1v) is 7.67. The molecule has 1 aromatic rings. The van der Waals surface area contributed by atoms with Crippen LogP contribution in [0, 0.1) is 5.92 Å². The van der Waals surface area contributed by atoms with Crippen molar-refractivity contribution in [2.75, 3.05) is 6.61 Å². The van der Waals surface area contributed by atoms with Gasteiger partial charge in [0.25, 0.3) is 5.91 Å². The van der Waals surface area contributed by atoms with Crippen LogP contribution in [0.2, 0.25) is 0 Å². The van der Waals surface area contributed by atoms with Crippen molar-refractivity contribution >= 4 is 12.0 Å². The van der Waals surface area contributed by atoms with Crippen molar-refractivity contribution in [3.05, 3.63) is 41.0 Å². The first kappa shape index (κ1) is 16.7. The molecule has 22 heavy (non-hydrogen) atoms. The van der Waals surface area contributed by atoms with Gasteiger partial charge in [0.2, 0.25) is 0 Å². The molecule has 0 fully saturated rings. The number of amides is 1. The number of hydrogen-bond acceptors (Lipinski definition) is 4. The molecule has 0 heterocycles. The summed E-state index contributed by atoms with van der Waals surface area (Å²) >= 11 is 0. The molecule has 0 aliphatic heterocycles. The van der Waals surface area contributed by atoms with E-state index in [0.717, 1.165) is 18.4 Å². The predicted molar refractivity (Wildman–Crippen MR) is 85.3 cm³/mol. The van der Waals surface area contributed by atoms with Gasteiger partial charge in [-0.25, -0.2) is 5.48 Å². The molecule has 2 atom stereocenters. The summed E-state index contributed by atoms with van der Waals surface area (Å²) in [6.45, 7) is 4.34. The van der Waals surface area contributed by atoms with Crippen LogP contribution >= 0.6 is 0 Å². The van der Waals surface area contributed by atoms with Crippen molar-refractivity contribution < 1.29 is 15.1 Å². The summed E-state index contributed by atoms with van der Waals surface area (Å²) in [5.74, 6) is -0.156. The Morgan fingerprint density at radius 3 is 2.86 bits per heavy atom. The van der Waals surface area contributed by atoms with Crippen molar-refractivity contribution in [1.82, 2.24) is 10.8 Å². The lowest BCUT2D eigenvalue weighted by Gasteiger charge is -2.25. The standard InChI is InChI=1S/C17H24N2O3/c1-11(2)16(10-20)18-15-7-5-13-9-12(3-6-14(13)15)4-8-17(21)19-22/h3-4,6,8-9,11,15-16,18,20,22H,5,7,10H2,1-2H3,(H,19,21). The largest absolute Gasteiger partial charge is 0.395 e. The maximum Gasteiger partial charge on any atom is 0.267 e. The second-order valence-corrected chi connectivity index (χ2v) is 6.06. The molecule has 0 aromatic heterocycles. The zero-order valence-corrected chi connectivity index (χ0v) is 13.0. The molecule has 0 radical (unpaired) electrons. The lowest BCUT2D eigenvalue weighted by Crippen LogP contribution is -2.38. The van der Waals surface area contributed by atoms with Crippen molar-refractivity contribution in [2.45, 2.75) is 38.8 Å². The van der Waals surface area contributed by atoms with Gasteiger partial charge in [0.1, 0.15) is 0 Å². The van der Waals surface area contributed by atoms with Gasteiger partial charge < -0.3 is 10.4 Å². The number of hydroxylamine groups is 1. The van der Waals surface area contributed by atoms with Gasteiger partial charge in [-0.15, -0.1) is 0 Å². The fraction of sp³-hybridized carbons (Fsp3) is 0.471. The zero-order valence-electron chi connectivity index (χ0n) is 13.0. The van der Waals surface area contributed by atoms with Crippen LogP contribution in [0.1, 0.15) is 43.0 Å². The maximum absolute atomic E-state index is 11.0. The van der Waals surface area contributed by atoms with Gasteiger partial charge in [-0.1, -0.05) is 32.0 Å². The first-order chi connectivity index (χ1) is 10.5. The minimum absolute atomic E-state index is 0.101. The normalized spacial score (nSPS) is 18.7. The van der Waals surface area contributed by atoms with Crippen LogP contribution in [-0.4, -0.2) is 28.9 Å². The van der Waals surface area contributed by atoms with Gasteiger partial charge in [-0.05, 0) is 41.5 Å².